The maximum Gasteiger partial charge on any atom is 0.0120 e. The van der Waals surface area contributed by atoms with Gasteiger partial charge in [-0.05, 0) is 77.5 Å². The first-order chi connectivity index (χ1) is 9.83. The van der Waals surface area contributed by atoms with Crippen LogP contribution in [0.1, 0.15) is 51.9 Å². The zero-order valence-corrected chi connectivity index (χ0v) is 13.3. The van der Waals surface area contributed by atoms with E-state index in [0.717, 1.165) is 18.0 Å². The summed E-state index contributed by atoms with van der Waals surface area (Å²) in [5.41, 5.74) is 0. The highest BCUT2D eigenvalue weighted by molar-refractivity contribution is 4.84. The number of nitrogens with zero attached hydrogens (tertiary/aromatic N) is 2. The van der Waals surface area contributed by atoms with Crippen molar-refractivity contribution in [1.29, 1.82) is 0 Å². The molecule has 2 heterocycles. The maximum absolute atomic E-state index is 3.71. The summed E-state index contributed by atoms with van der Waals surface area (Å²) in [6.07, 6.45) is 10.0. The molecule has 0 aromatic heterocycles. The summed E-state index contributed by atoms with van der Waals surface area (Å²) in [6.45, 7) is 10.2. The molecule has 2 aliphatic heterocycles. The van der Waals surface area contributed by atoms with E-state index in [1.54, 1.807) is 0 Å². The average Bonchev–Trinajstić information content (AvgIpc) is 3.33. The highest BCUT2D eigenvalue weighted by atomic mass is 15.2. The van der Waals surface area contributed by atoms with Gasteiger partial charge in [-0.2, -0.15) is 0 Å². The van der Waals surface area contributed by atoms with Gasteiger partial charge in [0.1, 0.15) is 0 Å². The van der Waals surface area contributed by atoms with Gasteiger partial charge in [-0.3, -0.25) is 0 Å². The normalized spacial score (nSPS) is 28.6. The van der Waals surface area contributed by atoms with E-state index in [1.165, 1.54) is 84.2 Å². The third-order valence-corrected chi connectivity index (χ3v) is 5.69. The van der Waals surface area contributed by atoms with Crippen LogP contribution in [0.4, 0.5) is 0 Å². The van der Waals surface area contributed by atoms with Crippen molar-refractivity contribution in [2.24, 2.45) is 5.92 Å². The van der Waals surface area contributed by atoms with E-state index in [1.807, 2.05) is 0 Å². The fourth-order valence-electron chi connectivity index (χ4n) is 4.00. The second-order valence-corrected chi connectivity index (χ2v) is 7.25. The number of hydrogen-bond donors (Lipinski definition) is 1. The lowest BCUT2D eigenvalue weighted by Crippen LogP contribution is -2.48. The van der Waals surface area contributed by atoms with Crippen LogP contribution in [-0.4, -0.2) is 61.2 Å². The Bertz CT molecular complexity index is 276. The summed E-state index contributed by atoms with van der Waals surface area (Å²) >= 11 is 0. The predicted molar refractivity (Wildman–Crippen MR) is 85.1 cm³/mol. The van der Waals surface area contributed by atoms with Crippen LogP contribution in [-0.2, 0) is 0 Å². The van der Waals surface area contributed by atoms with E-state index in [2.05, 4.69) is 22.0 Å². The lowest BCUT2D eigenvalue weighted by Gasteiger charge is -2.40. The molecule has 0 radical (unpaired) electrons. The smallest absolute Gasteiger partial charge is 0.0120 e. The molecule has 1 N–H and O–H groups in total. The molecule has 3 fully saturated rings. The molecule has 3 aliphatic rings. The van der Waals surface area contributed by atoms with Crippen molar-refractivity contribution in [3.8, 4) is 0 Å². The van der Waals surface area contributed by atoms with Crippen LogP contribution < -0.4 is 5.32 Å². The molecular weight excluding hydrogens is 246 g/mol. The predicted octanol–water partition coefficient (Wildman–Crippen LogP) is 2.32. The first kappa shape index (κ1) is 14.8. The molecule has 1 unspecified atom stereocenters. The molecule has 0 aromatic carbocycles. The van der Waals surface area contributed by atoms with E-state index in [9.17, 15) is 0 Å². The molecule has 2 saturated heterocycles. The fourth-order valence-corrected chi connectivity index (χ4v) is 4.00. The summed E-state index contributed by atoms with van der Waals surface area (Å²) < 4.78 is 0. The minimum absolute atomic E-state index is 0.751. The minimum atomic E-state index is 0.751. The highest BCUT2D eigenvalue weighted by Gasteiger charge is 2.28. The van der Waals surface area contributed by atoms with E-state index >= 15 is 0 Å². The Hall–Kier alpha value is -0.120. The summed E-state index contributed by atoms with van der Waals surface area (Å²) in [4.78, 5) is 5.45. The van der Waals surface area contributed by atoms with Crippen LogP contribution in [0.3, 0.4) is 0 Å². The third-order valence-electron chi connectivity index (χ3n) is 5.69. The Kier molecular flexibility index (Phi) is 5.36. The van der Waals surface area contributed by atoms with Gasteiger partial charge < -0.3 is 15.1 Å². The molecule has 3 heteroatoms. The maximum atomic E-state index is 3.71. The number of piperidine rings is 2. The zero-order chi connectivity index (χ0) is 13.8. The lowest BCUT2D eigenvalue weighted by atomic mass is 10.00. The molecule has 1 atom stereocenters. The van der Waals surface area contributed by atoms with Crippen molar-refractivity contribution >= 4 is 0 Å². The molecule has 0 spiro atoms. The number of hydrogen-bond acceptors (Lipinski definition) is 3. The van der Waals surface area contributed by atoms with Gasteiger partial charge in [-0.1, -0.05) is 6.42 Å². The summed E-state index contributed by atoms with van der Waals surface area (Å²) in [5.74, 6) is 0.986. The lowest BCUT2D eigenvalue weighted by molar-refractivity contribution is 0.0926. The summed E-state index contributed by atoms with van der Waals surface area (Å²) in [7, 11) is 0. The zero-order valence-electron chi connectivity index (χ0n) is 13.3. The summed E-state index contributed by atoms with van der Waals surface area (Å²) in [5, 5.41) is 3.71. The number of rotatable bonds is 6. The molecule has 3 rings (SSSR count). The molecule has 20 heavy (non-hydrogen) atoms. The van der Waals surface area contributed by atoms with Crippen molar-refractivity contribution in [3.05, 3.63) is 0 Å². The van der Waals surface area contributed by atoms with Gasteiger partial charge in [-0.25, -0.2) is 0 Å². The van der Waals surface area contributed by atoms with Crippen molar-refractivity contribution in [3.63, 3.8) is 0 Å². The van der Waals surface area contributed by atoms with Crippen molar-refractivity contribution in [2.45, 2.75) is 64.0 Å². The Morgan fingerprint density at radius 3 is 2.30 bits per heavy atom. The Morgan fingerprint density at radius 2 is 1.65 bits per heavy atom. The molecule has 1 saturated carbocycles. The van der Waals surface area contributed by atoms with Gasteiger partial charge in [0.15, 0.2) is 0 Å². The summed E-state index contributed by atoms with van der Waals surface area (Å²) in [6, 6.07) is 1.64. The molecule has 3 nitrogen and oxygen atoms in total. The van der Waals surface area contributed by atoms with Gasteiger partial charge in [0, 0.05) is 25.2 Å². The monoisotopic (exact) mass is 279 g/mol. The van der Waals surface area contributed by atoms with Crippen molar-refractivity contribution in [1.82, 2.24) is 15.1 Å². The van der Waals surface area contributed by atoms with Crippen LogP contribution in [0.5, 0.6) is 0 Å². The number of likely N-dealkylation sites (tertiary alicyclic amines) is 2. The second-order valence-electron chi connectivity index (χ2n) is 7.25. The molecule has 0 bridgehead atoms. The molecule has 0 aromatic rings. The largest absolute Gasteiger partial charge is 0.313 e. The minimum Gasteiger partial charge on any atom is -0.313 e. The van der Waals surface area contributed by atoms with Crippen LogP contribution in [0.25, 0.3) is 0 Å². The van der Waals surface area contributed by atoms with E-state index in [4.69, 9.17) is 0 Å². The average molecular weight is 279 g/mol. The highest BCUT2D eigenvalue weighted by Crippen LogP contribution is 2.32. The Morgan fingerprint density at radius 1 is 0.950 bits per heavy atom. The molecule has 0 amide bonds. The van der Waals surface area contributed by atoms with Gasteiger partial charge in [-0.15, -0.1) is 0 Å². The van der Waals surface area contributed by atoms with Gasteiger partial charge >= 0.3 is 0 Å². The Labute approximate surface area is 125 Å². The van der Waals surface area contributed by atoms with Crippen LogP contribution in [0.2, 0.25) is 0 Å². The molecule has 116 valence electrons. The fraction of sp³-hybridized carbons (Fsp3) is 1.00. The third kappa shape index (κ3) is 4.19. The van der Waals surface area contributed by atoms with E-state index in [-0.39, 0.29) is 0 Å². The van der Waals surface area contributed by atoms with Gasteiger partial charge in [0.05, 0.1) is 0 Å². The van der Waals surface area contributed by atoms with E-state index in [0.29, 0.717) is 0 Å². The first-order valence-corrected chi connectivity index (χ1v) is 9.03. The van der Waals surface area contributed by atoms with Crippen LogP contribution in [0.15, 0.2) is 0 Å². The Balaban J connectivity index is 1.29. The van der Waals surface area contributed by atoms with E-state index < -0.39 is 0 Å². The van der Waals surface area contributed by atoms with Crippen LogP contribution in [0, 0.1) is 5.92 Å². The van der Waals surface area contributed by atoms with Crippen molar-refractivity contribution in [2.75, 3.05) is 39.3 Å². The quantitative estimate of drug-likeness (QED) is 0.805. The van der Waals surface area contributed by atoms with Gasteiger partial charge in [0.2, 0.25) is 0 Å². The standard InChI is InChI=1S/C17H33N3/c1-15(16-5-6-16)18-9-14-19-12-7-17(8-13-19)20-10-3-2-4-11-20/h15-18H,2-14H2,1H3. The van der Waals surface area contributed by atoms with Crippen molar-refractivity contribution < 1.29 is 0 Å². The molecule has 1 aliphatic carbocycles. The molecular formula is C17H33N3. The number of nitrogens with one attached hydrogen (secondary N) is 1. The topological polar surface area (TPSA) is 18.5 Å². The van der Waals surface area contributed by atoms with Crippen LogP contribution >= 0.6 is 0 Å². The van der Waals surface area contributed by atoms with Gasteiger partial charge in [0.25, 0.3) is 0 Å². The first-order valence-electron chi connectivity index (χ1n) is 9.03. The second kappa shape index (κ2) is 7.24. The SMILES string of the molecule is CC(NCCN1CCC(N2CCCCC2)CC1)C1CC1.